The fourth-order valence-electron chi connectivity index (χ4n) is 3.59. The van der Waals surface area contributed by atoms with Crippen LogP contribution in [0.15, 0.2) is 10.6 Å². The average molecular weight is 379 g/mol. The minimum Gasteiger partial charge on any atom is -0.372 e. The summed E-state index contributed by atoms with van der Waals surface area (Å²) in [5, 5.41) is 4.07. The zero-order valence-corrected chi connectivity index (χ0v) is 15.2. The number of thioether (sulfide) groups is 1. The third-order valence-corrected chi connectivity index (χ3v) is 5.42. The molecule has 2 aromatic rings. The SMILES string of the molecule is C[C@H]1CN(c2c(C=O)cc3c(N4CCSC4=O)noc3c2F)C[C@H](C)O1. The van der Waals surface area contributed by atoms with Gasteiger partial charge in [0.2, 0.25) is 5.58 Å². The lowest BCUT2D eigenvalue weighted by atomic mass is 10.1. The van der Waals surface area contributed by atoms with Gasteiger partial charge >= 0.3 is 0 Å². The minimum absolute atomic E-state index is 0.0444. The highest BCUT2D eigenvalue weighted by atomic mass is 32.2. The van der Waals surface area contributed by atoms with E-state index in [1.165, 1.54) is 16.7 Å². The molecule has 1 aromatic heterocycles. The molecule has 2 saturated heterocycles. The van der Waals surface area contributed by atoms with Crippen LogP contribution >= 0.6 is 11.8 Å². The summed E-state index contributed by atoms with van der Waals surface area (Å²) in [5.41, 5.74) is 0.358. The Labute approximate surface area is 153 Å². The van der Waals surface area contributed by atoms with Crippen molar-refractivity contribution in [2.24, 2.45) is 0 Å². The molecule has 26 heavy (non-hydrogen) atoms. The Morgan fingerprint density at radius 3 is 2.69 bits per heavy atom. The number of rotatable bonds is 3. The molecule has 2 fully saturated rings. The number of halogens is 1. The van der Waals surface area contributed by atoms with E-state index in [-0.39, 0.29) is 40.1 Å². The molecule has 0 radical (unpaired) electrons. The smallest absolute Gasteiger partial charge is 0.287 e. The number of anilines is 2. The highest BCUT2D eigenvalue weighted by Gasteiger charge is 2.32. The molecule has 4 rings (SSSR count). The maximum Gasteiger partial charge on any atom is 0.287 e. The van der Waals surface area contributed by atoms with Gasteiger partial charge in [-0.05, 0) is 19.9 Å². The third-order valence-electron chi connectivity index (χ3n) is 4.57. The minimum atomic E-state index is -0.635. The van der Waals surface area contributed by atoms with E-state index in [1.54, 1.807) is 11.0 Å². The summed E-state index contributed by atoms with van der Waals surface area (Å²) in [7, 11) is 0. The van der Waals surface area contributed by atoms with Gasteiger partial charge in [-0.25, -0.2) is 4.39 Å². The maximum absolute atomic E-state index is 15.3. The normalized spacial score (nSPS) is 23.9. The van der Waals surface area contributed by atoms with Crippen molar-refractivity contribution >= 4 is 45.8 Å². The van der Waals surface area contributed by atoms with Crippen molar-refractivity contribution in [2.45, 2.75) is 26.1 Å². The Kier molecular flexibility index (Phi) is 4.36. The Bertz CT molecular complexity index is 877. The van der Waals surface area contributed by atoms with E-state index in [4.69, 9.17) is 9.26 Å². The molecule has 0 aliphatic carbocycles. The van der Waals surface area contributed by atoms with Crippen molar-refractivity contribution in [3.05, 3.63) is 17.4 Å². The van der Waals surface area contributed by atoms with Crippen molar-refractivity contribution in [3.8, 4) is 0 Å². The molecule has 138 valence electrons. The topological polar surface area (TPSA) is 75.9 Å². The molecule has 0 N–H and O–H groups in total. The Hall–Kier alpha value is -2.13. The summed E-state index contributed by atoms with van der Waals surface area (Å²) in [6.45, 7) is 5.22. The van der Waals surface area contributed by atoms with Crippen LogP contribution in [0.4, 0.5) is 20.7 Å². The van der Waals surface area contributed by atoms with Crippen LogP contribution in [0.1, 0.15) is 24.2 Å². The van der Waals surface area contributed by atoms with Crippen LogP contribution < -0.4 is 9.80 Å². The molecule has 0 saturated carbocycles. The van der Waals surface area contributed by atoms with E-state index in [1.807, 2.05) is 13.8 Å². The van der Waals surface area contributed by atoms with Gasteiger partial charge < -0.3 is 14.2 Å². The zero-order chi connectivity index (χ0) is 18.4. The van der Waals surface area contributed by atoms with Crippen LogP contribution in [0, 0.1) is 5.82 Å². The Morgan fingerprint density at radius 1 is 1.35 bits per heavy atom. The highest BCUT2D eigenvalue weighted by Crippen LogP contribution is 2.38. The highest BCUT2D eigenvalue weighted by molar-refractivity contribution is 8.14. The molecule has 2 aliphatic rings. The van der Waals surface area contributed by atoms with Gasteiger partial charge in [0.25, 0.3) is 5.24 Å². The molecule has 0 bridgehead atoms. The monoisotopic (exact) mass is 379 g/mol. The van der Waals surface area contributed by atoms with Crippen LogP contribution in [0.3, 0.4) is 0 Å². The number of nitrogens with zero attached hydrogens (tertiary/aromatic N) is 3. The number of hydrogen-bond acceptors (Lipinski definition) is 7. The molecule has 1 aromatic carbocycles. The van der Waals surface area contributed by atoms with E-state index < -0.39 is 5.82 Å². The first-order valence-corrected chi connectivity index (χ1v) is 9.40. The number of amides is 1. The number of hydrogen-bond donors (Lipinski definition) is 0. The van der Waals surface area contributed by atoms with E-state index in [9.17, 15) is 9.59 Å². The predicted octanol–water partition coefficient (Wildman–Crippen LogP) is 3.07. The third kappa shape index (κ3) is 2.75. The zero-order valence-electron chi connectivity index (χ0n) is 14.4. The summed E-state index contributed by atoms with van der Waals surface area (Å²) in [6.07, 6.45) is 0.454. The fourth-order valence-corrected chi connectivity index (χ4v) is 4.37. The summed E-state index contributed by atoms with van der Waals surface area (Å²) in [5.74, 6) is 0.258. The van der Waals surface area contributed by atoms with Crippen molar-refractivity contribution in [3.63, 3.8) is 0 Å². The first-order chi connectivity index (χ1) is 12.5. The average Bonchev–Trinajstić information content (AvgIpc) is 3.19. The lowest BCUT2D eigenvalue weighted by Crippen LogP contribution is -2.46. The van der Waals surface area contributed by atoms with Crippen LogP contribution in [0.5, 0.6) is 0 Å². The second-order valence-corrected chi connectivity index (χ2v) is 7.60. The molecular weight excluding hydrogens is 361 g/mol. The molecular formula is C17H18FN3O4S. The van der Waals surface area contributed by atoms with Gasteiger partial charge in [-0.2, -0.15) is 0 Å². The van der Waals surface area contributed by atoms with Crippen molar-refractivity contribution in [2.75, 3.05) is 35.2 Å². The number of aldehydes is 1. The predicted molar refractivity (Wildman–Crippen MR) is 96.8 cm³/mol. The Morgan fingerprint density at radius 2 is 2.08 bits per heavy atom. The Balaban J connectivity index is 1.84. The molecule has 9 heteroatoms. The standard InChI is InChI=1S/C17H18FN3O4S/c1-9-6-20(7-10(2)24-9)14-11(8-22)5-12-15(13(14)18)25-19-16(12)21-3-4-26-17(21)23/h5,8-10H,3-4,6-7H2,1-2H3/t9-,10-/m0/s1. The van der Waals surface area contributed by atoms with Gasteiger partial charge in [0.05, 0.1) is 23.3 Å². The number of carbonyl (C=O) groups is 2. The number of benzene rings is 1. The van der Waals surface area contributed by atoms with Gasteiger partial charge in [-0.3, -0.25) is 14.5 Å². The number of morpholine rings is 1. The van der Waals surface area contributed by atoms with Crippen LogP contribution in [0.2, 0.25) is 0 Å². The number of fused-ring (bicyclic) bond motifs is 1. The molecule has 1 amide bonds. The van der Waals surface area contributed by atoms with Crippen molar-refractivity contribution in [1.82, 2.24) is 5.16 Å². The van der Waals surface area contributed by atoms with Crippen molar-refractivity contribution in [1.29, 1.82) is 0 Å². The molecule has 3 heterocycles. The van der Waals surface area contributed by atoms with Crippen LogP contribution in [-0.2, 0) is 4.74 Å². The maximum atomic E-state index is 15.3. The summed E-state index contributed by atoms with van der Waals surface area (Å²) < 4.78 is 26.2. The van der Waals surface area contributed by atoms with E-state index in [2.05, 4.69) is 5.16 Å². The second-order valence-electron chi connectivity index (χ2n) is 6.56. The van der Waals surface area contributed by atoms with Gasteiger partial charge in [0.1, 0.15) is 0 Å². The summed E-state index contributed by atoms with van der Waals surface area (Å²) in [4.78, 5) is 26.9. The fraction of sp³-hybridized carbons (Fsp3) is 0.471. The first-order valence-electron chi connectivity index (χ1n) is 8.41. The summed E-state index contributed by atoms with van der Waals surface area (Å²) in [6, 6.07) is 1.55. The van der Waals surface area contributed by atoms with Gasteiger partial charge in [-0.15, -0.1) is 0 Å². The van der Waals surface area contributed by atoms with Gasteiger partial charge in [0.15, 0.2) is 17.9 Å². The summed E-state index contributed by atoms with van der Waals surface area (Å²) >= 11 is 1.17. The van der Waals surface area contributed by atoms with E-state index in [0.29, 0.717) is 37.1 Å². The number of carbonyl (C=O) groups excluding carboxylic acids is 2. The van der Waals surface area contributed by atoms with Gasteiger partial charge in [-0.1, -0.05) is 16.9 Å². The number of ether oxygens (including phenoxy) is 1. The van der Waals surface area contributed by atoms with Crippen molar-refractivity contribution < 1.29 is 23.2 Å². The molecule has 2 atom stereocenters. The van der Waals surface area contributed by atoms with E-state index >= 15 is 4.39 Å². The molecule has 7 nitrogen and oxygen atoms in total. The second kappa shape index (κ2) is 6.55. The van der Waals surface area contributed by atoms with Crippen LogP contribution in [0.25, 0.3) is 11.0 Å². The molecule has 0 spiro atoms. The molecule has 0 unspecified atom stereocenters. The first kappa shape index (κ1) is 17.3. The van der Waals surface area contributed by atoms with Gasteiger partial charge in [0, 0.05) is 31.0 Å². The number of aromatic nitrogens is 1. The van der Waals surface area contributed by atoms with E-state index in [0.717, 1.165) is 0 Å². The largest absolute Gasteiger partial charge is 0.372 e. The lowest BCUT2D eigenvalue weighted by Gasteiger charge is -2.37. The quantitative estimate of drug-likeness (QED) is 0.759. The van der Waals surface area contributed by atoms with Crippen LogP contribution in [-0.4, -0.2) is 54.3 Å². The lowest BCUT2D eigenvalue weighted by molar-refractivity contribution is -0.00543. The molecule has 2 aliphatic heterocycles.